The SMILES string of the molecule is O=C(Nc1ccc(Br)c2cc[nH]c12)C(F)(F)F. The molecule has 0 fully saturated rings. The highest BCUT2D eigenvalue weighted by Crippen LogP contribution is 2.30. The maximum atomic E-state index is 12.1. The van der Waals surface area contributed by atoms with Crippen LogP contribution in [0.4, 0.5) is 18.9 Å². The third-order valence-electron chi connectivity index (χ3n) is 2.18. The van der Waals surface area contributed by atoms with Crippen LogP contribution in [-0.2, 0) is 4.79 Å². The van der Waals surface area contributed by atoms with Crippen molar-refractivity contribution in [2.24, 2.45) is 0 Å². The maximum absolute atomic E-state index is 12.1. The second-order valence-electron chi connectivity index (χ2n) is 3.31. The van der Waals surface area contributed by atoms with Gasteiger partial charge in [0.05, 0.1) is 11.2 Å². The van der Waals surface area contributed by atoms with E-state index in [-0.39, 0.29) is 5.69 Å². The molecule has 0 unspecified atom stereocenters. The zero-order valence-electron chi connectivity index (χ0n) is 8.23. The first kappa shape index (κ1) is 12.0. The minimum atomic E-state index is -4.90. The number of H-pyrrole nitrogens is 1. The van der Waals surface area contributed by atoms with Crippen molar-refractivity contribution in [3.8, 4) is 0 Å². The Morgan fingerprint density at radius 3 is 2.65 bits per heavy atom. The van der Waals surface area contributed by atoms with Crippen molar-refractivity contribution in [3.63, 3.8) is 0 Å². The number of carbonyl (C=O) groups is 1. The van der Waals surface area contributed by atoms with Gasteiger partial charge in [-0.15, -0.1) is 0 Å². The lowest BCUT2D eigenvalue weighted by molar-refractivity contribution is -0.167. The Kier molecular flexibility index (Phi) is 2.86. The second kappa shape index (κ2) is 4.06. The van der Waals surface area contributed by atoms with Gasteiger partial charge in [0.25, 0.3) is 0 Å². The summed E-state index contributed by atoms with van der Waals surface area (Å²) in [6, 6.07) is 4.66. The second-order valence-corrected chi connectivity index (χ2v) is 4.17. The van der Waals surface area contributed by atoms with Gasteiger partial charge in [0.1, 0.15) is 0 Å². The zero-order valence-corrected chi connectivity index (χ0v) is 9.82. The topological polar surface area (TPSA) is 44.9 Å². The lowest BCUT2D eigenvalue weighted by Crippen LogP contribution is -2.30. The predicted molar refractivity (Wildman–Crippen MR) is 60.7 cm³/mol. The van der Waals surface area contributed by atoms with Gasteiger partial charge in [-0.05, 0) is 18.2 Å². The molecule has 0 aliphatic carbocycles. The summed E-state index contributed by atoms with van der Waals surface area (Å²) in [6.45, 7) is 0. The van der Waals surface area contributed by atoms with E-state index in [0.29, 0.717) is 10.9 Å². The van der Waals surface area contributed by atoms with Crippen LogP contribution < -0.4 is 5.32 Å². The molecule has 0 bridgehead atoms. The van der Waals surface area contributed by atoms with Gasteiger partial charge in [-0.2, -0.15) is 13.2 Å². The Morgan fingerprint density at radius 2 is 2.00 bits per heavy atom. The Morgan fingerprint density at radius 1 is 1.29 bits per heavy atom. The van der Waals surface area contributed by atoms with Gasteiger partial charge in [-0.1, -0.05) is 15.9 Å². The summed E-state index contributed by atoms with van der Waals surface area (Å²) in [5.74, 6) is -1.99. The molecule has 3 nitrogen and oxygen atoms in total. The van der Waals surface area contributed by atoms with Gasteiger partial charge < -0.3 is 10.3 Å². The number of aromatic amines is 1. The number of aromatic nitrogens is 1. The van der Waals surface area contributed by atoms with Gasteiger partial charge in [0.2, 0.25) is 0 Å². The first-order valence-corrected chi connectivity index (χ1v) is 5.32. The molecule has 2 aromatic rings. The number of hydrogen-bond donors (Lipinski definition) is 2. The molecule has 1 aromatic heterocycles. The molecule has 1 aromatic carbocycles. The first-order valence-electron chi connectivity index (χ1n) is 4.53. The minimum absolute atomic E-state index is 0.0931. The average molecular weight is 307 g/mol. The van der Waals surface area contributed by atoms with Crippen molar-refractivity contribution < 1.29 is 18.0 Å². The van der Waals surface area contributed by atoms with Crippen LogP contribution in [0, 0.1) is 0 Å². The van der Waals surface area contributed by atoms with E-state index in [1.165, 1.54) is 6.07 Å². The molecular weight excluding hydrogens is 301 g/mol. The van der Waals surface area contributed by atoms with E-state index in [9.17, 15) is 18.0 Å². The largest absolute Gasteiger partial charge is 0.471 e. The van der Waals surface area contributed by atoms with Gasteiger partial charge in [0.15, 0.2) is 0 Å². The number of amides is 1. The number of rotatable bonds is 1. The molecule has 2 N–H and O–H groups in total. The van der Waals surface area contributed by atoms with Crippen molar-refractivity contribution in [2.75, 3.05) is 5.32 Å². The van der Waals surface area contributed by atoms with Gasteiger partial charge in [-0.25, -0.2) is 0 Å². The minimum Gasteiger partial charge on any atom is -0.359 e. The number of anilines is 1. The van der Waals surface area contributed by atoms with Crippen LogP contribution in [0.2, 0.25) is 0 Å². The average Bonchev–Trinajstić information content (AvgIpc) is 2.70. The molecule has 0 aliphatic heterocycles. The summed E-state index contributed by atoms with van der Waals surface area (Å²) >= 11 is 3.26. The smallest absolute Gasteiger partial charge is 0.359 e. The number of nitrogens with one attached hydrogen (secondary N) is 2. The van der Waals surface area contributed by atoms with Crippen molar-refractivity contribution in [1.29, 1.82) is 0 Å². The van der Waals surface area contributed by atoms with E-state index in [1.54, 1.807) is 18.3 Å². The molecule has 0 spiro atoms. The fraction of sp³-hybridized carbons (Fsp3) is 0.100. The van der Waals surface area contributed by atoms with Crippen molar-refractivity contribution in [1.82, 2.24) is 4.98 Å². The molecule has 0 radical (unpaired) electrons. The number of halogens is 4. The summed E-state index contributed by atoms with van der Waals surface area (Å²) in [5.41, 5.74) is 0.535. The van der Waals surface area contributed by atoms with Gasteiger partial charge >= 0.3 is 12.1 Å². The molecule has 0 atom stereocenters. The molecule has 2 rings (SSSR count). The summed E-state index contributed by atoms with van der Waals surface area (Å²) in [6.07, 6.45) is -3.31. The quantitative estimate of drug-likeness (QED) is 0.833. The predicted octanol–water partition coefficient (Wildman–Crippen LogP) is 3.43. The Balaban J connectivity index is 2.41. The van der Waals surface area contributed by atoms with E-state index in [2.05, 4.69) is 20.9 Å². The Hall–Kier alpha value is -1.50. The van der Waals surface area contributed by atoms with E-state index in [4.69, 9.17) is 0 Å². The summed E-state index contributed by atoms with van der Waals surface area (Å²) in [7, 11) is 0. The zero-order chi connectivity index (χ0) is 12.6. The van der Waals surface area contributed by atoms with Crippen molar-refractivity contribution >= 4 is 38.4 Å². The van der Waals surface area contributed by atoms with E-state index < -0.39 is 12.1 Å². The third kappa shape index (κ3) is 2.28. The highest BCUT2D eigenvalue weighted by molar-refractivity contribution is 9.10. The molecular formula is C10H6BrF3N2O. The van der Waals surface area contributed by atoms with Crippen LogP contribution in [0.3, 0.4) is 0 Å². The first-order chi connectivity index (χ1) is 7.89. The summed E-state index contributed by atoms with van der Waals surface area (Å²) < 4.78 is 37.1. The third-order valence-corrected chi connectivity index (χ3v) is 2.87. The van der Waals surface area contributed by atoms with Crippen molar-refractivity contribution in [2.45, 2.75) is 6.18 Å². The van der Waals surface area contributed by atoms with E-state index in [0.717, 1.165) is 4.47 Å². The summed E-state index contributed by atoms with van der Waals surface area (Å²) in [4.78, 5) is 13.6. The van der Waals surface area contributed by atoms with E-state index >= 15 is 0 Å². The molecule has 90 valence electrons. The van der Waals surface area contributed by atoms with E-state index in [1.807, 2.05) is 5.32 Å². The van der Waals surface area contributed by atoms with Crippen LogP contribution in [-0.4, -0.2) is 17.1 Å². The van der Waals surface area contributed by atoms with Crippen LogP contribution in [0.1, 0.15) is 0 Å². The van der Waals surface area contributed by atoms with Crippen LogP contribution >= 0.6 is 15.9 Å². The number of fused-ring (bicyclic) bond motifs is 1. The highest BCUT2D eigenvalue weighted by Gasteiger charge is 2.38. The molecule has 0 saturated heterocycles. The molecule has 1 heterocycles. The van der Waals surface area contributed by atoms with Crippen LogP contribution in [0.5, 0.6) is 0 Å². The fourth-order valence-corrected chi connectivity index (χ4v) is 1.88. The van der Waals surface area contributed by atoms with Gasteiger partial charge in [0, 0.05) is 16.1 Å². The number of alkyl halides is 3. The molecule has 0 saturated carbocycles. The van der Waals surface area contributed by atoms with Gasteiger partial charge in [-0.3, -0.25) is 4.79 Å². The molecule has 1 amide bonds. The van der Waals surface area contributed by atoms with Crippen LogP contribution in [0.25, 0.3) is 10.9 Å². The number of carbonyl (C=O) groups excluding carboxylic acids is 1. The summed E-state index contributed by atoms with van der Waals surface area (Å²) in [5, 5.41) is 2.52. The number of hydrogen-bond acceptors (Lipinski definition) is 1. The highest BCUT2D eigenvalue weighted by atomic mass is 79.9. The van der Waals surface area contributed by atoms with Crippen LogP contribution in [0.15, 0.2) is 28.9 Å². The lowest BCUT2D eigenvalue weighted by Gasteiger charge is -2.09. The Labute approximate surface area is 102 Å². The molecule has 7 heteroatoms. The monoisotopic (exact) mass is 306 g/mol. The normalized spacial score (nSPS) is 11.8. The lowest BCUT2D eigenvalue weighted by atomic mass is 10.2. The molecule has 17 heavy (non-hydrogen) atoms. The standard InChI is InChI=1S/C10H6BrF3N2O/c11-6-1-2-7(8-5(6)3-4-15-8)16-9(17)10(12,13)14/h1-4,15H,(H,16,17). The number of benzene rings is 1. The molecule has 0 aliphatic rings. The fourth-order valence-electron chi connectivity index (χ4n) is 1.42. The Bertz CT molecular complexity index is 576. The van der Waals surface area contributed by atoms with Crippen molar-refractivity contribution in [3.05, 3.63) is 28.9 Å². The maximum Gasteiger partial charge on any atom is 0.471 e.